The van der Waals surface area contributed by atoms with Gasteiger partial charge in [-0.2, -0.15) is 0 Å². The monoisotopic (exact) mass is 255 g/mol. The molecule has 4 heteroatoms. The predicted molar refractivity (Wildman–Crippen MR) is 74.7 cm³/mol. The maximum absolute atomic E-state index is 6.20. The highest BCUT2D eigenvalue weighted by Crippen LogP contribution is 2.21. The molecule has 19 heavy (non-hydrogen) atoms. The van der Waals surface area contributed by atoms with E-state index in [-0.39, 0.29) is 6.04 Å². The van der Waals surface area contributed by atoms with Crippen LogP contribution in [0, 0.1) is 0 Å². The molecule has 1 unspecified atom stereocenters. The van der Waals surface area contributed by atoms with Crippen LogP contribution >= 0.6 is 0 Å². The number of imidazole rings is 1. The van der Waals surface area contributed by atoms with Crippen molar-refractivity contribution in [3.05, 3.63) is 54.2 Å². The first kappa shape index (κ1) is 12.0. The van der Waals surface area contributed by atoms with Crippen LogP contribution in [0.15, 0.2) is 47.3 Å². The first-order valence-corrected chi connectivity index (χ1v) is 6.51. The van der Waals surface area contributed by atoms with Crippen LogP contribution in [0.1, 0.15) is 24.4 Å². The number of fused-ring (bicyclic) bond motifs is 1. The summed E-state index contributed by atoms with van der Waals surface area (Å²) in [4.78, 5) is 4.69. The van der Waals surface area contributed by atoms with Crippen molar-refractivity contribution in [2.45, 2.75) is 25.9 Å². The van der Waals surface area contributed by atoms with E-state index >= 15 is 0 Å². The summed E-state index contributed by atoms with van der Waals surface area (Å²) in [6, 6.07) is 10.0. The molecule has 1 atom stereocenters. The molecule has 1 aromatic carbocycles. The summed E-state index contributed by atoms with van der Waals surface area (Å²) in [5.74, 6) is 1.03. The zero-order chi connectivity index (χ0) is 13.2. The number of para-hydroxylation sites is 2. The molecule has 0 fully saturated rings. The maximum atomic E-state index is 6.20. The Kier molecular flexibility index (Phi) is 3.09. The molecular formula is C15H17N3O. The molecule has 0 saturated heterocycles. The molecule has 2 aromatic heterocycles. The molecule has 0 aliphatic carbocycles. The first-order valence-electron chi connectivity index (χ1n) is 6.51. The molecule has 0 spiro atoms. The average molecular weight is 255 g/mol. The number of nitrogens with zero attached hydrogens (tertiary/aromatic N) is 2. The number of benzene rings is 1. The van der Waals surface area contributed by atoms with Crippen molar-refractivity contribution < 1.29 is 4.42 Å². The van der Waals surface area contributed by atoms with E-state index in [2.05, 4.69) is 22.5 Å². The normalized spacial score (nSPS) is 12.9. The number of furan rings is 1. The van der Waals surface area contributed by atoms with E-state index in [1.807, 2.05) is 24.3 Å². The molecule has 0 aliphatic heterocycles. The van der Waals surface area contributed by atoms with Crippen molar-refractivity contribution in [3.8, 4) is 0 Å². The fraction of sp³-hybridized carbons (Fsp3) is 0.267. The van der Waals surface area contributed by atoms with Crippen molar-refractivity contribution in [1.82, 2.24) is 9.55 Å². The van der Waals surface area contributed by atoms with Crippen LogP contribution in [0.3, 0.4) is 0 Å². The van der Waals surface area contributed by atoms with Gasteiger partial charge in [0.2, 0.25) is 0 Å². The van der Waals surface area contributed by atoms with E-state index in [9.17, 15) is 0 Å². The molecule has 0 bridgehead atoms. The van der Waals surface area contributed by atoms with Gasteiger partial charge in [0.1, 0.15) is 5.82 Å². The van der Waals surface area contributed by atoms with Crippen LogP contribution in [0.2, 0.25) is 0 Å². The fourth-order valence-electron chi connectivity index (χ4n) is 2.43. The molecule has 0 amide bonds. The summed E-state index contributed by atoms with van der Waals surface area (Å²) < 4.78 is 7.30. The van der Waals surface area contributed by atoms with Crippen LogP contribution in [-0.4, -0.2) is 9.55 Å². The lowest BCUT2D eigenvalue weighted by Gasteiger charge is -2.10. The largest absolute Gasteiger partial charge is 0.472 e. The Morgan fingerprint density at radius 3 is 2.89 bits per heavy atom. The van der Waals surface area contributed by atoms with Gasteiger partial charge in [-0.3, -0.25) is 0 Å². The molecule has 2 N–H and O–H groups in total. The van der Waals surface area contributed by atoms with Crippen LogP contribution < -0.4 is 5.73 Å². The van der Waals surface area contributed by atoms with Crippen LogP contribution in [-0.2, 0) is 13.0 Å². The maximum Gasteiger partial charge on any atom is 0.111 e. The highest BCUT2D eigenvalue weighted by molar-refractivity contribution is 5.75. The Morgan fingerprint density at radius 1 is 1.32 bits per heavy atom. The summed E-state index contributed by atoms with van der Waals surface area (Å²) >= 11 is 0. The molecule has 2 heterocycles. The summed E-state index contributed by atoms with van der Waals surface area (Å²) in [7, 11) is 0. The summed E-state index contributed by atoms with van der Waals surface area (Å²) in [5.41, 5.74) is 9.41. The van der Waals surface area contributed by atoms with E-state index in [4.69, 9.17) is 10.2 Å². The number of rotatable bonds is 4. The average Bonchev–Trinajstić information content (AvgIpc) is 3.05. The summed E-state index contributed by atoms with van der Waals surface area (Å²) in [6.07, 6.45) is 4.06. The van der Waals surface area contributed by atoms with Gasteiger partial charge < -0.3 is 14.7 Å². The second-order valence-corrected chi connectivity index (χ2v) is 4.63. The Balaban J connectivity index is 1.96. The molecule has 3 aromatic rings. The van der Waals surface area contributed by atoms with Gasteiger partial charge in [-0.1, -0.05) is 12.1 Å². The molecule has 0 saturated carbocycles. The molecule has 0 radical (unpaired) electrons. The van der Waals surface area contributed by atoms with E-state index in [0.29, 0.717) is 6.42 Å². The van der Waals surface area contributed by atoms with Gasteiger partial charge in [-0.05, 0) is 25.1 Å². The lowest BCUT2D eigenvalue weighted by molar-refractivity contribution is 0.555. The Morgan fingerprint density at radius 2 is 2.16 bits per heavy atom. The number of nitrogens with two attached hydrogens (primary N) is 1. The SMILES string of the molecule is CCn1c(CC(N)c2ccoc2)nc2ccccc21. The van der Waals surface area contributed by atoms with Gasteiger partial charge in [-0.25, -0.2) is 4.98 Å². The first-order chi connectivity index (χ1) is 9.29. The van der Waals surface area contributed by atoms with E-state index in [1.165, 1.54) is 5.52 Å². The van der Waals surface area contributed by atoms with Crippen LogP contribution in [0.25, 0.3) is 11.0 Å². The van der Waals surface area contributed by atoms with Gasteiger partial charge in [0.05, 0.1) is 23.6 Å². The zero-order valence-electron chi connectivity index (χ0n) is 10.9. The lowest BCUT2D eigenvalue weighted by atomic mass is 10.1. The molecule has 3 rings (SSSR count). The third kappa shape index (κ3) is 2.15. The third-order valence-corrected chi connectivity index (χ3v) is 3.42. The Bertz CT molecular complexity index is 670. The zero-order valence-corrected chi connectivity index (χ0v) is 10.9. The third-order valence-electron chi connectivity index (χ3n) is 3.42. The van der Waals surface area contributed by atoms with Gasteiger partial charge in [0.15, 0.2) is 0 Å². The lowest BCUT2D eigenvalue weighted by Crippen LogP contribution is -2.15. The van der Waals surface area contributed by atoms with Gasteiger partial charge in [0, 0.05) is 24.6 Å². The second-order valence-electron chi connectivity index (χ2n) is 4.63. The smallest absolute Gasteiger partial charge is 0.111 e. The summed E-state index contributed by atoms with van der Waals surface area (Å²) in [5, 5.41) is 0. The molecule has 0 aliphatic rings. The standard InChI is InChI=1S/C15H17N3O/c1-2-18-14-6-4-3-5-13(14)17-15(18)9-12(16)11-7-8-19-10-11/h3-8,10,12H,2,9,16H2,1H3. The number of aromatic nitrogens is 2. The number of hydrogen-bond donors (Lipinski definition) is 1. The quantitative estimate of drug-likeness (QED) is 0.779. The molecule has 98 valence electrons. The van der Waals surface area contributed by atoms with Crippen LogP contribution in [0.5, 0.6) is 0 Å². The Labute approximate surface area is 111 Å². The Hall–Kier alpha value is -2.07. The van der Waals surface area contributed by atoms with Crippen molar-refractivity contribution >= 4 is 11.0 Å². The van der Waals surface area contributed by atoms with Crippen molar-refractivity contribution in [1.29, 1.82) is 0 Å². The highest BCUT2D eigenvalue weighted by Gasteiger charge is 2.14. The van der Waals surface area contributed by atoms with E-state index < -0.39 is 0 Å². The van der Waals surface area contributed by atoms with Crippen LogP contribution in [0.4, 0.5) is 0 Å². The minimum Gasteiger partial charge on any atom is -0.472 e. The van der Waals surface area contributed by atoms with Gasteiger partial charge in [0.25, 0.3) is 0 Å². The number of aryl methyl sites for hydroxylation is 1. The summed E-state index contributed by atoms with van der Waals surface area (Å²) in [6.45, 7) is 3.02. The molecule has 4 nitrogen and oxygen atoms in total. The highest BCUT2D eigenvalue weighted by atomic mass is 16.3. The van der Waals surface area contributed by atoms with Gasteiger partial charge >= 0.3 is 0 Å². The van der Waals surface area contributed by atoms with Crippen molar-refractivity contribution in [2.24, 2.45) is 5.73 Å². The van der Waals surface area contributed by atoms with E-state index in [1.54, 1.807) is 12.5 Å². The predicted octanol–water partition coefficient (Wildman–Crippen LogP) is 2.89. The van der Waals surface area contributed by atoms with E-state index in [0.717, 1.165) is 23.4 Å². The second kappa shape index (κ2) is 4.90. The minimum absolute atomic E-state index is 0.0825. The van der Waals surface area contributed by atoms with Gasteiger partial charge in [-0.15, -0.1) is 0 Å². The minimum atomic E-state index is -0.0825. The molecular weight excluding hydrogens is 238 g/mol. The van der Waals surface area contributed by atoms with Crippen molar-refractivity contribution in [3.63, 3.8) is 0 Å². The number of hydrogen-bond acceptors (Lipinski definition) is 3. The fourth-order valence-corrected chi connectivity index (χ4v) is 2.43. The van der Waals surface area contributed by atoms with Crippen molar-refractivity contribution in [2.75, 3.05) is 0 Å². The topological polar surface area (TPSA) is 57.0 Å².